The van der Waals surface area contributed by atoms with Crippen molar-refractivity contribution in [1.82, 2.24) is 0 Å². The van der Waals surface area contributed by atoms with Gasteiger partial charge in [-0.1, -0.05) is 24.3 Å². The summed E-state index contributed by atoms with van der Waals surface area (Å²) in [4.78, 5) is 0. The Balaban J connectivity index is 1.77. The predicted molar refractivity (Wildman–Crippen MR) is 78.1 cm³/mol. The van der Waals surface area contributed by atoms with Crippen molar-refractivity contribution in [2.45, 2.75) is 68.9 Å². The van der Waals surface area contributed by atoms with E-state index in [1.807, 2.05) is 0 Å². The van der Waals surface area contributed by atoms with Gasteiger partial charge >= 0.3 is 0 Å². The number of fused-ring (bicyclic) bond motifs is 1. The maximum absolute atomic E-state index is 10.8. The summed E-state index contributed by atoms with van der Waals surface area (Å²) in [5.74, 6) is 0.528. The predicted octanol–water partition coefficient (Wildman–Crippen LogP) is 3.13. The van der Waals surface area contributed by atoms with Crippen LogP contribution >= 0.6 is 0 Å². The molecule has 2 aliphatic rings. The van der Waals surface area contributed by atoms with Gasteiger partial charge in [0.05, 0.1) is 5.60 Å². The molecule has 2 heteroatoms. The Hall–Kier alpha value is -0.860. The van der Waals surface area contributed by atoms with E-state index >= 15 is 0 Å². The molecule has 19 heavy (non-hydrogen) atoms. The second-order valence-electron chi connectivity index (χ2n) is 6.57. The number of benzene rings is 1. The van der Waals surface area contributed by atoms with Crippen LogP contribution in [0.15, 0.2) is 24.3 Å². The van der Waals surface area contributed by atoms with Gasteiger partial charge in [-0.3, -0.25) is 0 Å². The van der Waals surface area contributed by atoms with Crippen LogP contribution in [0.2, 0.25) is 0 Å². The minimum atomic E-state index is -0.521. The molecular weight excluding hydrogens is 234 g/mol. The van der Waals surface area contributed by atoms with Crippen LogP contribution in [0.4, 0.5) is 0 Å². The smallest absolute Gasteiger partial charge is 0.0668 e. The number of hydrogen-bond donors (Lipinski definition) is 2. The molecule has 0 spiro atoms. The van der Waals surface area contributed by atoms with E-state index in [1.54, 1.807) is 0 Å². The van der Waals surface area contributed by atoms with Crippen LogP contribution in [0.3, 0.4) is 0 Å². The Bertz CT molecular complexity index is 445. The average Bonchev–Trinajstić information content (AvgIpc) is 2.38. The Labute approximate surface area is 116 Å². The molecule has 2 nitrogen and oxygen atoms in total. The van der Waals surface area contributed by atoms with Crippen molar-refractivity contribution in [3.63, 3.8) is 0 Å². The molecule has 3 rings (SSSR count). The molecule has 1 aromatic rings. The topological polar surface area (TPSA) is 46.2 Å². The van der Waals surface area contributed by atoms with Crippen molar-refractivity contribution in [2.24, 2.45) is 5.73 Å². The summed E-state index contributed by atoms with van der Waals surface area (Å²) in [5, 5.41) is 10.8. The monoisotopic (exact) mass is 259 g/mol. The van der Waals surface area contributed by atoms with Crippen molar-refractivity contribution in [3.05, 3.63) is 35.4 Å². The van der Waals surface area contributed by atoms with Gasteiger partial charge in [0, 0.05) is 6.04 Å². The van der Waals surface area contributed by atoms with E-state index in [9.17, 15) is 5.11 Å². The summed E-state index contributed by atoms with van der Waals surface area (Å²) in [7, 11) is 0. The van der Waals surface area contributed by atoms with Crippen LogP contribution in [0.5, 0.6) is 0 Å². The van der Waals surface area contributed by atoms with Gasteiger partial charge in [-0.15, -0.1) is 0 Å². The van der Waals surface area contributed by atoms with E-state index < -0.39 is 5.60 Å². The van der Waals surface area contributed by atoms with Crippen LogP contribution in [0, 0.1) is 0 Å². The van der Waals surface area contributed by atoms with E-state index in [0.717, 1.165) is 32.1 Å². The number of hydrogen-bond acceptors (Lipinski definition) is 2. The molecule has 0 bridgehead atoms. The number of aryl methyl sites for hydroxylation is 1. The minimum Gasteiger partial charge on any atom is -0.390 e. The highest BCUT2D eigenvalue weighted by atomic mass is 16.3. The van der Waals surface area contributed by atoms with Gasteiger partial charge in [0.25, 0.3) is 0 Å². The van der Waals surface area contributed by atoms with Gasteiger partial charge in [0.2, 0.25) is 0 Å². The summed E-state index contributed by atoms with van der Waals surface area (Å²) in [6.07, 6.45) is 8.43. The zero-order chi connectivity index (χ0) is 13.3. The Morgan fingerprint density at radius 2 is 2.05 bits per heavy atom. The lowest BCUT2D eigenvalue weighted by atomic mass is 9.71. The summed E-state index contributed by atoms with van der Waals surface area (Å²) >= 11 is 0. The molecule has 1 aromatic carbocycles. The number of rotatable bonds is 2. The first-order valence-corrected chi connectivity index (χ1v) is 7.72. The lowest BCUT2D eigenvalue weighted by Crippen LogP contribution is -2.42. The molecule has 0 saturated heterocycles. The number of aliphatic hydroxyl groups is 1. The summed E-state index contributed by atoms with van der Waals surface area (Å²) < 4.78 is 0. The van der Waals surface area contributed by atoms with E-state index in [-0.39, 0.29) is 6.04 Å². The molecule has 1 saturated carbocycles. The van der Waals surface area contributed by atoms with Gasteiger partial charge in [-0.25, -0.2) is 0 Å². The Morgan fingerprint density at radius 3 is 2.89 bits per heavy atom. The first-order valence-electron chi connectivity index (χ1n) is 7.72. The summed E-state index contributed by atoms with van der Waals surface area (Å²) in [6, 6.07) is 8.96. The quantitative estimate of drug-likeness (QED) is 0.857. The molecule has 2 aliphatic carbocycles. The molecule has 0 radical (unpaired) electrons. The highest BCUT2D eigenvalue weighted by Crippen LogP contribution is 2.41. The molecule has 3 atom stereocenters. The van der Waals surface area contributed by atoms with Crippen LogP contribution in [-0.4, -0.2) is 16.7 Å². The van der Waals surface area contributed by atoms with E-state index in [4.69, 9.17) is 5.73 Å². The second-order valence-corrected chi connectivity index (χ2v) is 6.57. The van der Waals surface area contributed by atoms with E-state index in [0.29, 0.717) is 5.92 Å². The molecule has 3 unspecified atom stereocenters. The highest BCUT2D eigenvalue weighted by Gasteiger charge is 2.36. The Kier molecular flexibility index (Phi) is 3.64. The second kappa shape index (κ2) is 5.26. The van der Waals surface area contributed by atoms with Crippen molar-refractivity contribution in [2.75, 3.05) is 0 Å². The summed E-state index contributed by atoms with van der Waals surface area (Å²) in [5.41, 5.74) is 8.49. The fraction of sp³-hybridized carbons (Fsp3) is 0.647. The summed E-state index contributed by atoms with van der Waals surface area (Å²) in [6.45, 7) is 0. The van der Waals surface area contributed by atoms with Crippen molar-refractivity contribution in [3.8, 4) is 0 Å². The van der Waals surface area contributed by atoms with Crippen molar-refractivity contribution < 1.29 is 5.11 Å². The van der Waals surface area contributed by atoms with Crippen molar-refractivity contribution in [1.29, 1.82) is 0 Å². The minimum absolute atomic E-state index is 0.192. The lowest BCUT2D eigenvalue weighted by Gasteiger charge is -2.39. The molecule has 0 heterocycles. The van der Waals surface area contributed by atoms with Gasteiger partial charge in [-0.2, -0.15) is 0 Å². The Morgan fingerprint density at radius 1 is 1.21 bits per heavy atom. The molecule has 0 amide bonds. The zero-order valence-electron chi connectivity index (χ0n) is 11.6. The third-order valence-corrected chi connectivity index (χ3v) is 4.98. The van der Waals surface area contributed by atoms with E-state index in [2.05, 4.69) is 24.3 Å². The first kappa shape index (κ1) is 13.1. The van der Waals surface area contributed by atoms with Gasteiger partial charge in [-0.05, 0) is 68.4 Å². The zero-order valence-corrected chi connectivity index (χ0v) is 11.6. The third-order valence-electron chi connectivity index (χ3n) is 4.98. The van der Waals surface area contributed by atoms with Gasteiger partial charge < -0.3 is 10.8 Å². The lowest BCUT2D eigenvalue weighted by molar-refractivity contribution is -0.0170. The molecular formula is C17H25NO. The van der Waals surface area contributed by atoms with Crippen LogP contribution in [-0.2, 0) is 6.42 Å². The SMILES string of the molecule is NC1CCCC(O)(CC2CCCc3ccccc32)C1. The van der Waals surface area contributed by atoms with Crippen LogP contribution in [0.25, 0.3) is 0 Å². The molecule has 1 fully saturated rings. The van der Waals surface area contributed by atoms with Gasteiger partial charge in [0.1, 0.15) is 0 Å². The highest BCUT2D eigenvalue weighted by molar-refractivity contribution is 5.32. The largest absolute Gasteiger partial charge is 0.390 e. The van der Waals surface area contributed by atoms with Crippen molar-refractivity contribution >= 4 is 0 Å². The standard InChI is InChI=1S/C17H25NO/c18-15-8-4-10-17(19,12-15)11-14-7-3-6-13-5-1-2-9-16(13)14/h1-2,5,9,14-15,19H,3-4,6-8,10-12,18H2. The normalized spacial score (nSPS) is 34.8. The molecule has 0 aliphatic heterocycles. The number of nitrogens with two attached hydrogens (primary N) is 1. The fourth-order valence-electron chi connectivity index (χ4n) is 4.10. The van der Waals surface area contributed by atoms with E-state index in [1.165, 1.54) is 30.4 Å². The van der Waals surface area contributed by atoms with Crippen LogP contribution in [0.1, 0.15) is 62.0 Å². The average molecular weight is 259 g/mol. The first-order chi connectivity index (χ1) is 9.16. The maximum Gasteiger partial charge on any atom is 0.0668 e. The molecule has 0 aromatic heterocycles. The van der Waals surface area contributed by atoms with Gasteiger partial charge in [0.15, 0.2) is 0 Å². The molecule has 3 N–H and O–H groups in total. The van der Waals surface area contributed by atoms with Crippen LogP contribution < -0.4 is 5.73 Å². The third kappa shape index (κ3) is 2.85. The fourth-order valence-corrected chi connectivity index (χ4v) is 4.10. The molecule has 104 valence electrons. The maximum atomic E-state index is 10.8.